The molecule has 8 nitrogen and oxygen atoms in total. The third-order valence-electron chi connectivity index (χ3n) is 7.53. The van der Waals surface area contributed by atoms with Crippen LogP contribution in [0.1, 0.15) is 67.4 Å². The van der Waals surface area contributed by atoms with Gasteiger partial charge in [-0.25, -0.2) is 12.7 Å². The standard InChI is InChI=1S/C28H36N4O4S/c1-4-18(3)28(34)31-16-19-7-6-8-21(13-19)22-14-23-25(17-30-26(23)24(15-22)27(29)33)20-9-11-32(12-10-20)37(35,36)5-2/h6-8,13-15,17-18,20,30H,4-5,9-12,16H2,1-3H3,(H2,29,33)(H,31,34). The minimum atomic E-state index is -3.20. The molecular weight excluding hydrogens is 488 g/mol. The molecule has 4 rings (SSSR count). The fraction of sp³-hybridized carbons (Fsp3) is 0.429. The number of carbonyl (C=O) groups is 2. The minimum absolute atomic E-state index is 0.0279. The van der Waals surface area contributed by atoms with Gasteiger partial charge in [0.05, 0.1) is 16.8 Å². The lowest BCUT2D eigenvalue weighted by atomic mass is 9.88. The van der Waals surface area contributed by atoms with Gasteiger partial charge in [0.15, 0.2) is 0 Å². The number of aromatic nitrogens is 1. The van der Waals surface area contributed by atoms with E-state index in [-0.39, 0.29) is 23.5 Å². The lowest BCUT2D eigenvalue weighted by Gasteiger charge is -2.31. The first-order valence-electron chi connectivity index (χ1n) is 12.9. The van der Waals surface area contributed by atoms with Gasteiger partial charge in [-0.05, 0) is 72.6 Å². The zero-order valence-electron chi connectivity index (χ0n) is 21.7. The highest BCUT2D eigenvalue weighted by atomic mass is 32.2. The zero-order valence-corrected chi connectivity index (χ0v) is 22.5. The van der Waals surface area contributed by atoms with E-state index in [1.807, 2.05) is 44.3 Å². The predicted octanol–water partition coefficient (Wildman–Crippen LogP) is 4.13. The maximum atomic E-state index is 12.4. The second-order valence-corrected chi connectivity index (χ2v) is 12.1. The molecule has 2 heterocycles. The van der Waals surface area contributed by atoms with Crippen molar-refractivity contribution < 1.29 is 18.0 Å². The van der Waals surface area contributed by atoms with Crippen LogP contribution in [0.3, 0.4) is 0 Å². The molecule has 3 aromatic rings. The first-order chi connectivity index (χ1) is 17.6. The summed E-state index contributed by atoms with van der Waals surface area (Å²) in [6, 6.07) is 11.8. The van der Waals surface area contributed by atoms with Crippen molar-refractivity contribution in [1.29, 1.82) is 0 Å². The van der Waals surface area contributed by atoms with Crippen molar-refractivity contribution in [3.05, 3.63) is 59.3 Å². The number of sulfonamides is 1. The SMILES string of the molecule is CCC(C)C(=O)NCc1cccc(-c2cc(C(N)=O)c3[nH]cc(C4CCN(S(=O)(=O)CC)CC4)c3c2)c1. The quantitative estimate of drug-likeness (QED) is 0.389. The summed E-state index contributed by atoms with van der Waals surface area (Å²) >= 11 is 0. The van der Waals surface area contributed by atoms with Crippen LogP contribution in [0.2, 0.25) is 0 Å². The van der Waals surface area contributed by atoms with Gasteiger partial charge in [0.25, 0.3) is 5.91 Å². The number of hydrogen-bond acceptors (Lipinski definition) is 4. The summed E-state index contributed by atoms with van der Waals surface area (Å²) in [7, 11) is -3.20. The molecule has 198 valence electrons. The van der Waals surface area contributed by atoms with Crippen LogP contribution in [0.4, 0.5) is 0 Å². The van der Waals surface area contributed by atoms with Crippen LogP contribution >= 0.6 is 0 Å². The largest absolute Gasteiger partial charge is 0.366 e. The van der Waals surface area contributed by atoms with Crippen molar-refractivity contribution in [3.8, 4) is 11.1 Å². The fourth-order valence-corrected chi connectivity index (χ4v) is 6.12. The van der Waals surface area contributed by atoms with Crippen LogP contribution in [-0.2, 0) is 21.4 Å². The molecule has 37 heavy (non-hydrogen) atoms. The average molecular weight is 525 g/mol. The van der Waals surface area contributed by atoms with Crippen molar-refractivity contribution in [2.24, 2.45) is 11.7 Å². The van der Waals surface area contributed by atoms with E-state index >= 15 is 0 Å². The number of hydrogen-bond donors (Lipinski definition) is 3. The van der Waals surface area contributed by atoms with Crippen LogP contribution in [0, 0.1) is 5.92 Å². The predicted molar refractivity (Wildman–Crippen MR) is 147 cm³/mol. The van der Waals surface area contributed by atoms with Gasteiger partial charge in [0.1, 0.15) is 0 Å². The molecular formula is C28H36N4O4S. The highest BCUT2D eigenvalue weighted by Crippen LogP contribution is 2.37. The molecule has 1 unspecified atom stereocenters. The number of aromatic amines is 1. The number of benzene rings is 2. The Morgan fingerprint density at radius 1 is 1.14 bits per heavy atom. The van der Waals surface area contributed by atoms with E-state index in [1.54, 1.807) is 17.3 Å². The number of nitrogens with one attached hydrogen (secondary N) is 2. The number of H-pyrrole nitrogens is 1. The molecule has 1 atom stereocenters. The Labute approximate surface area is 218 Å². The second-order valence-electron chi connectivity index (χ2n) is 9.86. The highest BCUT2D eigenvalue weighted by molar-refractivity contribution is 7.89. The van der Waals surface area contributed by atoms with E-state index < -0.39 is 15.9 Å². The number of fused-ring (bicyclic) bond motifs is 1. The zero-order chi connectivity index (χ0) is 26.7. The lowest BCUT2D eigenvalue weighted by Crippen LogP contribution is -2.38. The van der Waals surface area contributed by atoms with Crippen LogP contribution in [-0.4, -0.2) is 48.4 Å². The van der Waals surface area contributed by atoms with E-state index in [0.717, 1.165) is 34.1 Å². The van der Waals surface area contributed by atoms with E-state index in [4.69, 9.17) is 5.73 Å². The molecule has 0 aliphatic carbocycles. The molecule has 4 N–H and O–H groups in total. The van der Waals surface area contributed by atoms with E-state index in [1.165, 1.54) is 0 Å². The molecule has 1 fully saturated rings. The van der Waals surface area contributed by atoms with Crippen molar-refractivity contribution in [3.63, 3.8) is 0 Å². The summed E-state index contributed by atoms with van der Waals surface area (Å²) in [5.41, 5.74) is 10.7. The Bertz CT molecular complexity index is 1400. The number of rotatable bonds is 9. The normalized spacial score (nSPS) is 16.1. The molecule has 0 radical (unpaired) electrons. The van der Waals surface area contributed by atoms with Crippen LogP contribution in [0.25, 0.3) is 22.0 Å². The number of piperidine rings is 1. The summed E-state index contributed by atoms with van der Waals surface area (Å²) in [5.74, 6) is -0.239. The second kappa shape index (κ2) is 11.1. The maximum absolute atomic E-state index is 12.4. The third-order valence-corrected chi connectivity index (χ3v) is 9.41. The molecule has 0 saturated carbocycles. The summed E-state index contributed by atoms with van der Waals surface area (Å²) in [5, 5.41) is 3.92. The van der Waals surface area contributed by atoms with E-state index in [0.29, 0.717) is 43.6 Å². The van der Waals surface area contributed by atoms with Gasteiger partial charge < -0.3 is 16.0 Å². The van der Waals surface area contributed by atoms with Crippen LogP contribution < -0.4 is 11.1 Å². The molecule has 2 amide bonds. The summed E-state index contributed by atoms with van der Waals surface area (Å²) < 4.78 is 26.1. The first-order valence-corrected chi connectivity index (χ1v) is 14.5. The molecule has 1 aliphatic rings. The van der Waals surface area contributed by atoms with Crippen molar-refractivity contribution in [2.75, 3.05) is 18.8 Å². The van der Waals surface area contributed by atoms with Crippen LogP contribution in [0.15, 0.2) is 42.6 Å². The van der Waals surface area contributed by atoms with Gasteiger partial charge in [-0.2, -0.15) is 0 Å². The summed E-state index contributed by atoms with van der Waals surface area (Å²) in [4.78, 5) is 27.9. The smallest absolute Gasteiger partial charge is 0.250 e. The third kappa shape index (κ3) is 5.72. The average Bonchev–Trinajstić information content (AvgIpc) is 3.34. The molecule has 9 heteroatoms. The topological polar surface area (TPSA) is 125 Å². The number of amides is 2. The molecule has 1 aromatic heterocycles. The number of nitrogens with zero attached hydrogens (tertiary/aromatic N) is 1. The Balaban J connectivity index is 1.65. The molecule has 0 bridgehead atoms. The molecule has 1 aliphatic heterocycles. The Morgan fingerprint density at radius 2 is 1.86 bits per heavy atom. The maximum Gasteiger partial charge on any atom is 0.250 e. The van der Waals surface area contributed by atoms with Gasteiger partial charge in [-0.1, -0.05) is 32.0 Å². The summed E-state index contributed by atoms with van der Waals surface area (Å²) in [6.07, 6.45) is 4.14. The Hall–Kier alpha value is -3.17. The molecule has 2 aromatic carbocycles. The van der Waals surface area contributed by atoms with E-state index in [2.05, 4.69) is 16.4 Å². The lowest BCUT2D eigenvalue weighted by molar-refractivity contribution is -0.124. The molecule has 1 saturated heterocycles. The monoisotopic (exact) mass is 524 g/mol. The summed E-state index contributed by atoms with van der Waals surface area (Å²) in [6.45, 7) is 6.97. The molecule has 0 spiro atoms. The van der Waals surface area contributed by atoms with Crippen LogP contribution in [0.5, 0.6) is 0 Å². The first kappa shape index (κ1) is 26.9. The highest BCUT2D eigenvalue weighted by Gasteiger charge is 2.29. The van der Waals surface area contributed by atoms with Gasteiger partial charge >= 0.3 is 0 Å². The number of primary amides is 1. The van der Waals surface area contributed by atoms with Crippen molar-refractivity contribution in [1.82, 2.24) is 14.6 Å². The van der Waals surface area contributed by atoms with Crippen molar-refractivity contribution >= 4 is 32.7 Å². The van der Waals surface area contributed by atoms with Crippen molar-refractivity contribution in [2.45, 2.75) is 52.5 Å². The fourth-order valence-electron chi connectivity index (χ4n) is 4.99. The number of nitrogens with two attached hydrogens (primary N) is 1. The Morgan fingerprint density at radius 3 is 2.51 bits per heavy atom. The van der Waals surface area contributed by atoms with Gasteiger partial charge in [-0.3, -0.25) is 9.59 Å². The van der Waals surface area contributed by atoms with Gasteiger partial charge in [-0.15, -0.1) is 0 Å². The van der Waals surface area contributed by atoms with E-state index in [9.17, 15) is 18.0 Å². The minimum Gasteiger partial charge on any atom is -0.366 e. The number of carbonyl (C=O) groups excluding carboxylic acids is 2. The van der Waals surface area contributed by atoms with Gasteiger partial charge in [0, 0.05) is 37.1 Å². The van der Waals surface area contributed by atoms with Gasteiger partial charge in [0.2, 0.25) is 15.9 Å². The Kier molecular flexibility index (Phi) is 8.04.